The van der Waals surface area contributed by atoms with Crippen LogP contribution in [0.2, 0.25) is 0 Å². The lowest BCUT2D eigenvalue weighted by Crippen LogP contribution is -2.57. The number of esters is 1. The van der Waals surface area contributed by atoms with Gasteiger partial charge in [-0.05, 0) is 50.4 Å². The summed E-state index contributed by atoms with van der Waals surface area (Å²) < 4.78 is 11.4. The van der Waals surface area contributed by atoms with E-state index in [1.165, 1.54) is 25.1 Å². The van der Waals surface area contributed by atoms with Gasteiger partial charge in [-0.2, -0.15) is 0 Å². The number of hydrogen-bond donors (Lipinski definition) is 1. The van der Waals surface area contributed by atoms with Crippen molar-refractivity contribution in [2.24, 2.45) is 17.3 Å². The minimum Gasteiger partial charge on any atom is -0.463 e. The van der Waals surface area contributed by atoms with Crippen molar-refractivity contribution in [3.8, 4) is 0 Å². The highest BCUT2D eigenvalue weighted by atomic mass is 16.6. The zero-order chi connectivity index (χ0) is 16.8. The Bertz CT molecular complexity index is 627. The lowest BCUT2D eigenvalue weighted by molar-refractivity contribution is -0.187. The third-order valence-electron chi connectivity index (χ3n) is 5.72. The summed E-state index contributed by atoms with van der Waals surface area (Å²) in [6.07, 6.45) is 9.29. The zero-order valence-corrected chi connectivity index (χ0v) is 13.5. The van der Waals surface area contributed by atoms with Crippen LogP contribution in [0.25, 0.3) is 0 Å². The predicted octanol–water partition coefficient (Wildman–Crippen LogP) is 1.74. The van der Waals surface area contributed by atoms with E-state index < -0.39 is 24.3 Å². The average Bonchev–Trinajstić information content (AvgIpc) is 3.02. The standard InChI is InChI=1S/C17H22N2O5/c20-14(8-23-15(21)19-2-1-18-11-19)24-10-16-4-12-3-13(5-16)7-17(22,6-12)9-16/h1-2,11-13,22H,3-10H2. The molecule has 2 atom stereocenters. The fourth-order valence-electron chi connectivity index (χ4n) is 5.41. The molecule has 130 valence electrons. The van der Waals surface area contributed by atoms with Gasteiger partial charge in [-0.1, -0.05) is 0 Å². The van der Waals surface area contributed by atoms with E-state index in [0.717, 1.165) is 36.7 Å². The summed E-state index contributed by atoms with van der Waals surface area (Å²) in [5.41, 5.74) is -0.659. The molecule has 1 aromatic rings. The molecule has 0 saturated heterocycles. The first-order valence-corrected chi connectivity index (χ1v) is 8.49. The molecule has 7 nitrogen and oxygen atoms in total. The topological polar surface area (TPSA) is 90.7 Å². The lowest BCUT2D eigenvalue weighted by Gasteiger charge is -2.59. The van der Waals surface area contributed by atoms with Crippen LogP contribution in [0.15, 0.2) is 18.7 Å². The molecule has 0 spiro atoms. The summed E-state index contributed by atoms with van der Waals surface area (Å²) in [4.78, 5) is 27.3. The van der Waals surface area contributed by atoms with Crippen LogP contribution in [-0.2, 0) is 14.3 Å². The molecule has 2 unspecified atom stereocenters. The first-order chi connectivity index (χ1) is 11.5. The quantitative estimate of drug-likeness (QED) is 0.844. The minimum absolute atomic E-state index is 0.0944. The van der Waals surface area contributed by atoms with Crippen molar-refractivity contribution >= 4 is 12.1 Å². The van der Waals surface area contributed by atoms with Crippen molar-refractivity contribution < 1.29 is 24.2 Å². The number of carbonyl (C=O) groups is 2. The van der Waals surface area contributed by atoms with E-state index in [1.54, 1.807) is 0 Å². The molecule has 4 aliphatic carbocycles. The third-order valence-corrected chi connectivity index (χ3v) is 5.72. The second kappa shape index (κ2) is 5.58. The van der Waals surface area contributed by atoms with Gasteiger partial charge < -0.3 is 14.6 Å². The summed E-state index contributed by atoms with van der Waals surface area (Å²) in [6.45, 7) is -0.103. The van der Waals surface area contributed by atoms with E-state index >= 15 is 0 Å². The van der Waals surface area contributed by atoms with E-state index in [2.05, 4.69) is 4.98 Å². The van der Waals surface area contributed by atoms with E-state index in [-0.39, 0.29) is 5.41 Å². The highest BCUT2D eigenvalue weighted by Gasteiger charge is 2.57. The Morgan fingerprint density at radius 2 is 1.96 bits per heavy atom. The van der Waals surface area contributed by atoms with Crippen LogP contribution in [0, 0.1) is 17.3 Å². The van der Waals surface area contributed by atoms with Crippen molar-refractivity contribution in [3.63, 3.8) is 0 Å². The van der Waals surface area contributed by atoms with Gasteiger partial charge in [0, 0.05) is 17.8 Å². The molecular formula is C17H22N2O5. The Morgan fingerprint density at radius 3 is 2.58 bits per heavy atom. The number of carbonyl (C=O) groups excluding carboxylic acids is 2. The molecule has 0 aromatic carbocycles. The second-order valence-electron chi connectivity index (χ2n) is 7.87. The number of rotatable bonds is 4. The molecule has 7 heteroatoms. The summed E-state index contributed by atoms with van der Waals surface area (Å²) >= 11 is 0. The monoisotopic (exact) mass is 334 g/mol. The minimum atomic E-state index is -0.659. The number of nitrogens with zero attached hydrogens (tertiary/aromatic N) is 2. The van der Waals surface area contributed by atoms with Gasteiger partial charge in [0.25, 0.3) is 0 Å². The Hall–Kier alpha value is -1.89. The fourth-order valence-corrected chi connectivity index (χ4v) is 5.41. The molecule has 0 radical (unpaired) electrons. The van der Waals surface area contributed by atoms with Crippen LogP contribution in [0.5, 0.6) is 0 Å². The molecule has 0 amide bonds. The van der Waals surface area contributed by atoms with Crippen LogP contribution in [0.4, 0.5) is 4.79 Å². The average molecular weight is 334 g/mol. The number of imidazole rings is 1. The number of hydrogen-bond acceptors (Lipinski definition) is 6. The van der Waals surface area contributed by atoms with Crippen molar-refractivity contribution in [3.05, 3.63) is 18.7 Å². The molecule has 4 saturated carbocycles. The number of ether oxygens (including phenoxy) is 2. The first kappa shape index (κ1) is 15.6. The Balaban J connectivity index is 1.29. The smallest absolute Gasteiger partial charge is 0.419 e. The molecule has 0 aliphatic heterocycles. The van der Waals surface area contributed by atoms with E-state index in [1.807, 2.05) is 0 Å². The number of aromatic nitrogens is 2. The van der Waals surface area contributed by atoms with Crippen LogP contribution >= 0.6 is 0 Å². The first-order valence-electron chi connectivity index (χ1n) is 8.49. The van der Waals surface area contributed by atoms with Gasteiger partial charge >= 0.3 is 12.1 Å². The molecule has 1 heterocycles. The van der Waals surface area contributed by atoms with Gasteiger partial charge in [0.1, 0.15) is 6.33 Å². The SMILES string of the molecule is O=C(COC(=O)n1ccnc1)OCC12CC3CC(CC(O)(C3)C1)C2. The molecule has 4 aliphatic rings. The van der Waals surface area contributed by atoms with Gasteiger partial charge in [0.2, 0.25) is 0 Å². The van der Waals surface area contributed by atoms with Crippen LogP contribution in [0.1, 0.15) is 38.5 Å². The maximum absolute atomic E-state index is 11.9. The summed E-state index contributed by atoms with van der Waals surface area (Å²) in [6, 6.07) is 0. The summed E-state index contributed by atoms with van der Waals surface area (Å²) in [5, 5.41) is 10.7. The molecule has 1 N–H and O–H groups in total. The van der Waals surface area contributed by atoms with E-state index in [9.17, 15) is 14.7 Å². The highest BCUT2D eigenvalue weighted by molar-refractivity contribution is 5.76. The van der Waals surface area contributed by atoms with Gasteiger partial charge in [-0.3, -0.25) is 0 Å². The molecule has 4 bridgehead atoms. The Morgan fingerprint density at radius 1 is 1.21 bits per heavy atom. The maximum atomic E-state index is 11.9. The molecule has 5 rings (SSSR count). The lowest BCUT2D eigenvalue weighted by atomic mass is 9.48. The van der Waals surface area contributed by atoms with Gasteiger partial charge in [0.15, 0.2) is 6.61 Å². The van der Waals surface area contributed by atoms with Gasteiger partial charge in [-0.25, -0.2) is 19.1 Å². The van der Waals surface area contributed by atoms with Crippen molar-refractivity contribution in [2.45, 2.75) is 44.1 Å². The largest absolute Gasteiger partial charge is 0.463 e. The van der Waals surface area contributed by atoms with Gasteiger partial charge in [0.05, 0.1) is 12.2 Å². The Labute approximate surface area is 140 Å². The maximum Gasteiger partial charge on any atom is 0.419 e. The van der Waals surface area contributed by atoms with Crippen LogP contribution < -0.4 is 0 Å². The van der Waals surface area contributed by atoms with Crippen molar-refractivity contribution in [1.82, 2.24) is 9.55 Å². The highest BCUT2D eigenvalue weighted by Crippen LogP contribution is 2.61. The van der Waals surface area contributed by atoms with Crippen LogP contribution in [0.3, 0.4) is 0 Å². The normalized spacial score (nSPS) is 36.5. The fraction of sp³-hybridized carbons (Fsp3) is 0.706. The zero-order valence-electron chi connectivity index (χ0n) is 13.5. The predicted molar refractivity (Wildman–Crippen MR) is 82.0 cm³/mol. The molecular weight excluding hydrogens is 312 g/mol. The molecule has 4 fully saturated rings. The second-order valence-corrected chi connectivity index (χ2v) is 7.87. The number of aliphatic hydroxyl groups is 1. The third kappa shape index (κ3) is 2.92. The van der Waals surface area contributed by atoms with E-state index in [0.29, 0.717) is 18.4 Å². The van der Waals surface area contributed by atoms with Crippen LogP contribution in [-0.4, -0.2) is 45.5 Å². The Kier molecular flexibility index (Phi) is 3.63. The van der Waals surface area contributed by atoms with Gasteiger partial charge in [-0.15, -0.1) is 0 Å². The molecule has 24 heavy (non-hydrogen) atoms. The summed E-state index contributed by atoms with van der Waals surface area (Å²) in [7, 11) is 0. The van der Waals surface area contributed by atoms with E-state index in [4.69, 9.17) is 9.47 Å². The summed E-state index contributed by atoms with van der Waals surface area (Å²) in [5.74, 6) is 0.550. The van der Waals surface area contributed by atoms with Crippen molar-refractivity contribution in [2.75, 3.05) is 13.2 Å². The molecule has 1 aromatic heterocycles. The van der Waals surface area contributed by atoms with Crippen molar-refractivity contribution in [1.29, 1.82) is 0 Å².